The van der Waals surface area contributed by atoms with E-state index in [0.717, 1.165) is 30.8 Å². The molecule has 0 aromatic heterocycles. The Morgan fingerprint density at radius 3 is 2.35 bits per heavy atom. The number of ether oxygens (including phenoxy) is 1. The molecule has 0 spiro atoms. The lowest BCUT2D eigenvalue weighted by Crippen LogP contribution is -2.24. The summed E-state index contributed by atoms with van der Waals surface area (Å²) in [5.41, 5.74) is -0.356. The first-order valence-electron chi connectivity index (χ1n) is 10.5. The second kappa shape index (κ2) is 11.9. The number of hydrogen-bond acceptors (Lipinski definition) is 9. The van der Waals surface area contributed by atoms with Gasteiger partial charge in [-0.15, -0.1) is 10.2 Å². The van der Waals surface area contributed by atoms with Gasteiger partial charge in [0.05, 0.1) is 39.4 Å². The maximum Gasteiger partial charge on any atom is 0.305 e. The highest BCUT2D eigenvalue weighted by Gasteiger charge is 2.24. The first-order chi connectivity index (χ1) is 16.2. The minimum absolute atomic E-state index is 0.165. The predicted molar refractivity (Wildman–Crippen MR) is 129 cm³/mol. The zero-order chi connectivity index (χ0) is 25.4. The molecule has 13 heteroatoms. The number of hydrogen-bond donors (Lipinski definition) is 1. The monoisotopic (exact) mass is 492 g/mol. The van der Waals surface area contributed by atoms with Crippen molar-refractivity contribution in [3.8, 4) is 5.75 Å². The first kappa shape index (κ1) is 26.5. The fraction of sp³-hybridized carbons (Fsp3) is 0.381. The van der Waals surface area contributed by atoms with Crippen LogP contribution in [0.15, 0.2) is 34.5 Å². The van der Waals surface area contributed by atoms with Crippen LogP contribution in [0, 0.1) is 20.2 Å². The Labute approximate surface area is 200 Å². The number of nitro groups is 2. The molecule has 0 fully saturated rings. The number of nitro benzene ring substituents is 2. The third kappa shape index (κ3) is 6.16. The zero-order valence-corrected chi connectivity index (χ0v) is 20.0. The van der Waals surface area contributed by atoms with E-state index in [0.29, 0.717) is 18.0 Å². The molecule has 34 heavy (non-hydrogen) atoms. The summed E-state index contributed by atoms with van der Waals surface area (Å²) in [4.78, 5) is 35.1. The second-order valence-corrected chi connectivity index (χ2v) is 7.44. The van der Waals surface area contributed by atoms with Gasteiger partial charge in [-0.1, -0.05) is 25.4 Å². The lowest BCUT2D eigenvalue weighted by atomic mass is 10.2. The van der Waals surface area contributed by atoms with Crippen LogP contribution in [0.25, 0.3) is 0 Å². The molecular weight excluding hydrogens is 468 g/mol. The van der Waals surface area contributed by atoms with Crippen LogP contribution in [0.3, 0.4) is 0 Å². The van der Waals surface area contributed by atoms with E-state index in [-0.39, 0.29) is 28.7 Å². The molecule has 1 amide bonds. The maximum absolute atomic E-state index is 12.1. The Morgan fingerprint density at radius 1 is 1.12 bits per heavy atom. The van der Waals surface area contributed by atoms with Gasteiger partial charge >= 0.3 is 5.69 Å². The Kier molecular flexibility index (Phi) is 9.25. The van der Waals surface area contributed by atoms with Crippen LogP contribution in [-0.4, -0.2) is 36.0 Å². The highest BCUT2D eigenvalue weighted by molar-refractivity contribution is 6.33. The zero-order valence-electron chi connectivity index (χ0n) is 19.2. The molecule has 2 rings (SSSR count). The van der Waals surface area contributed by atoms with Crippen LogP contribution >= 0.6 is 11.6 Å². The van der Waals surface area contributed by atoms with E-state index >= 15 is 0 Å². The van der Waals surface area contributed by atoms with Crippen molar-refractivity contribution in [1.29, 1.82) is 0 Å². The molecule has 2 aromatic rings. The largest absolute Gasteiger partial charge is 0.494 e. The third-order valence-electron chi connectivity index (χ3n) is 4.80. The van der Waals surface area contributed by atoms with Gasteiger partial charge in [-0.05, 0) is 19.4 Å². The van der Waals surface area contributed by atoms with E-state index in [9.17, 15) is 25.0 Å². The smallest absolute Gasteiger partial charge is 0.305 e. The molecule has 182 valence electrons. The summed E-state index contributed by atoms with van der Waals surface area (Å²) in [5, 5.41) is 32.9. The Morgan fingerprint density at radius 2 is 1.82 bits per heavy atom. The van der Waals surface area contributed by atoms with Gasteiger partial charge in [0.1, 0.15) is 11.4 Å². The average molecular weight is 493 g/mol. The summed E-state index contributed by atoms with van der Waals surface area (Å²) >= 11 is 6.05. The van der Waals surface area contributed by atoms with Gasteiger partial charge < -0.3 is 15.0 Å². The van der Waals surface area contributed by atoms with Gasteiger partial charge in [0, 0.05) is 31.6 Å². The van der Waals surface area contributed by atoms with Gasteiger partial charge in [0.2, 0.25) is 5.91 Å². The molecule has 0 saturated heterocycles. The predicted octanol–water partition coefficient (Wildman–Crippen LogP) is 6.17. The molecule has 0 bridgehead atoms. The number of carbonyl (C=O) groups excluding carboxylic acids is 1. The maximum atomic E-state index is 12.1. The van der Waals surface area contributed by atoms with Gasteiger partial charge in [-0.3, -0.25) is 25.0 Å². The summed E-state index contributed by atoms with van der Waals surface area (Å²) in [6.45, 7) is 7.16. The highest BCUT2D eigenvalue weighted by atomic mass is 35.5. The topological polar surface area (TPSA) is 153 Å². The van der Waals surface area contributed by atoms with Crippen LogP contribution < -0.4 is 15.0 Å². The van der Waals surface area contributed by atoms with Crippen molar-refractivity contribution >= 4 is 51.6 Å². The van der Waals surface area contributed by atoms with Crippen molar-refractivity contribution in [3.63, 3.8) is 0 Å². The third-order valence-corrected chi connectivity index (χ3v) is 5.09. The molecule has 2 aromatic carbocycles. The minimum atomic E-state index is -0.833. The number of amides is 1. The van der Waals surface area contributed by atoms with Gasteiger partial charge in [0.15, 0.2) is 5.69 Å². The number of rotatable bonds is 11. The molecule has 0 aliphatic carbocycles. The quantitative estimate of drug-likeness (QED) is 0.223. The Bertz CT molecular complexity index is 1120. The minimum Gasteiger partial charge on any atom is -0.494 e. The standard InChI is InChI=1S/C21H25ClN6O6/c1-5-8-26(7-3)17-11-15(23-20(29)6-2)16(12-19(17)34-4)24-25-21-14(22)9-13(27(30)31)10-18(21)28(32)33/h9-12H,5-8H2,1-4H3,(H,23,29)/b25-24+. The number of anilines is 2. The van der Waals surface area contributed by atoms with Crippen LogP contribution in [0.4, 0.5) is 34.1 Å². The summed E-state index contributed by atoms with van der Waals surface area (Å²) in [5.74, 6) is 0.188. The van der Waals surface area contributed by atoms with Gasteiger partial charge in [-0.25, -0.2) is 0 Å². The molecule has 0 saturated carbocycles. The SMILES string of the molecule is CCCN(CC)c1cc(NC(=O)CC)c(/N=N/c2c(Cl)cc([N+](=O)[O-])cc2[N+](=O)[O-])cc1OC. The summed E-state index contributed by atoms with van der Waals surface area (Å²) in [7, 11) is 1.49. The lowest BCUT2D eigenvalue weighted by Gasteiger charge is -2.25. The molecular formula is C21H25ClN6O6. The molecule has 0 unspecified atom stereocenters. The molecule has 0 radical (unpaired) electrons. The van der Waals surface area contributed by atoms with Crippen molar-refractivity contribution in [3.05, 3.63) is 49.5 Å². The number of methoxy groups -OCH3 is 1. The van der Waals surface area contributed by atoms with E-state index in [2.05, 4.69) is 20.4 Å². The van der Waals surface area contributed by atoms with Crippen LogP contribution in [0.5, 0.6) is 5.75 Å². The number of halogens is 1. The van der Waals surface area contributed by atoms with E-state index in [1.54, 1.807) is 19.1 Å². The number of azo groups is 1. The summed E-state index contributed by atoms with van der Waals surface area (Å²) in [6, 6.07) is 4.96. The molecule has 0 aliphatic rings. The molecule has 0 atom stereocenters. The molecule has 0 aliphatic heterocycles. The van der Waals surface area contributed by atoms with Crippen molar-refractivity contribution in [2.24, 2.45) is 10.2 Å². The number of nitrogens with zero attached hydrogens (tertiary/aromatic N) is 5. The number of carbonyl (C=O) groups is 1. The van der Waals surface area contributed by atoms with E-state index in [1.807, 2.05) is 13.8 Å². The molecule has 1 N–H and O–H groups in total. The first-order valence-corrected chi connectivity index (χ1v) is 10.8. The molecule has 0 heterocycles. The van der Waals surface area contributed by atoms with Crippen LogP contribution in [0.1, 0.15) is 33.6 Å². The fourth-order valence-electron chi connectivity index (χ4n) is 3.13. The van der Waals surface area contributed by atoms with Crippen molar-refractivity contribution in [1.82, 2.24) is 0 Å². The van der Waals surface area contributed by atoms with Gasteiger partial charge in [0.25, 0.3) is 5.69 Å². The van der Waals surface area contributed by atoms with Crippen LogP contribution in [0.2, 0.25) is 5.02 Å². The average Bonchev–Trinajstić information content (AvgIpc) is 2.81. The number of non-ortho nitro benzene ring substituents is 1. The fourth-order valence-corrected chi connectivity index (χ4v) is 3.37. The number of benzene rings is 2. The van der Waals surface area contributed by atoms with E-state index in [1.165, 1.54) is 7.11 Å². The highest BCUT2D eigenvalue weighted by Crippen LogP contribution is 2.42. The summed E-state index contributed by atoms with van der Waals surface area (Å²) < 4.78 is 5.52. The van der Waals surface area contributed by atoms with Gasteiger partial charge in [-0.2, -0.15) is 0 Å². The van der Waals surface area contributed by atoms with Crippen molar-refractivity contribution in [2.45, 2.75) is 33.6 Å². The van der Waals surface area contributed by atoms with Crippen molar-refractivity contribution in [2.75, 3.05) is 30.4 Å². The van der Waals surface area contributed by atoms with E-state index in [4.69, 9.17) is 16.3 Å². The Hall–Kier alpha value is -3.80. The Balaban J connectivity index is 2.67. The normalized spacial score (nSPS) is 10.9. The number of nitrogens with one attached hydrogen (secondary N) is 1. The molecule has 12 nitrogen and oxygen atoms in total. The lowest BCUT2D eigenvalue weighted by molar-refractivity contribution is -0.393. The van der Waals surface area contributed by atoms with E-state index < -0.39 is 21.2 Å². The van der Waals surface area contributed by atoms with Crippen LogP contribution in [-0.2, 0) is 4.79 Å². The summed E-state index contributed by atoms with van der Waals surface area (Å²) in [6.07, 6.45) is 1.10. The second-order valence-electron chi connectivity index (χ2n) is 7.03. The van der Waals surface area contributed by atoms with Crippen molar-refractivity contribution < 1.29 is 19.4 Å².